The van der Waals surface area contributed by atoms with Crippen molar-refractivity contribution in [1.82, 2.24) is 0 Å². The van der Waals surface area contributed by atoms with Gasteiger partial charge in [0, 0.05) is 21.8 Å². The number of nitrogens with one attached hydrogen (secondary N) is 1. The molecule has 140 valence electrons. The number of hydrogen-bond donors (Lipinski definition) is 3. The summed E-state index contributed by atoms with van der Waals surface area (Å²) < 4.78 is 40.9. The molecule has 2 aromatic carbocycles. The van der Waals surface area contributed by atoms with E-state index in [0.29, 0.717) is 5.69 Å². The zero-order valence-corrected chi connectivity index (χ0v) is 15.1. The van der Waals surface area contributed by atoms with Crippen molar-refractivity contribution in [1.29, 1.82) is 0 Å². The van der Waals surface area contributed by atoms with Crippen LogP contribution in [-0.2, 0) is 12.0 Å². The fourth-order valence-corrected chi connectivity index (χ4v) is 3.68. The van der Waals surface area contributed by atoms with E-state index in [9.17, 15) is 18.3 Å². The first-order chi connectivity index (χ1) is 12.1. The molecule has 4 N–H and O–H groups in total. The summed E-state index contributed by atoms with van der Waals surface area (Å²) >= 11 is 11.6. The number of benzene rings is 2. The molecule has 3 rings (SSSR count). The van der Waals surface area contributed by atoms with Crippen LogP contribution >= 0.6 is 23.2 Å². The lowest BCUT2D eigenvalue weighted by Crippen LogP contribution is -2.47. The predicted molar refractivity (Wildman–Crippen MR) is 96.6 cm³/mol. The van der Waals surface area contributed by atoms with Crippen LogP contribution in [0.1, 0.15) is 29.2 Å². The Morgan fingerprint density at radius 2 is 1.77 bits per heavy atom. The third-order valence-electron chi connectivity index (χ3n) is 4.62. The fraction of sp³-hybridized carbons (Fsp3) is 0.333. The molecule has 0 amide bonds. The van der Waals surface area contributed by atoms with E-state index in [4.69, 9.17) is 28.9 Å². The molecule has 1 aliphatic carbocycles. The molecule has 0 spiro atoms. The minimum absolute atomic E-state index is 0.0155. The number of nitrogens with two attached hydrogens (primary N) is 1. The number of anilines is 1. The zero-order valence-electron chi connectivity index (χ0n) is 13.6. The number of hydrogen-bond acceptors (Lipinski definition) is 3. The lowest BCUT2D eigenvalue weighted by Gasteiger charge is -2.32. The highest BCUT2D eigenvalue weighted by Crippen LogP contribution is 2.41. The Morgan fingerprint density at radius 3 is 2.38 bits per heavy atom. The van der Waals surface area contributed by atoms with E-state index in [1.807, 2.05) is 0 Å². The minimum Gasteiger partial charge on any atom is -0.381 e. The maximum absolute atomic E-state index is 13.6. The lowest BCUT2D eigenvalue weighted by atomic mass is 9.92. The SMILES string of the molecule is N[C@H]1CCc2cc(NC[C@@](O)(c3cc(Cl)cc(Cl)c3)C(F)(F)F)ccc21. The molecule has 0 aromatic heterocycles. The number of fused-ring (bicyclic) bond motifs is 1. The van der Waals surface area contributed by atoms with Crippen LogP contribution in [0.4, 0.5) is 18.9 Å². The second-order valence-electron chi connectivity index (χ2n) is 6.43. The van der Waals surface area contributed by atoms with E-state index in [1.54, 1.807) is 18.2 Å². The molecule has 0 fully saturated rings. The molecule has 2 aromatic rings. The predicted octanol–water partition coefficient (Wildman–Crippen LogP) is 4.80. The van der Waals surface area contributed by atoms with Gasteiger partial charge in [0.05, 0.1) is 6.54 Å². The van der Waals surface area contributed by atoms with Gasteiger partial charge in [0.25, 0.3) is 0 Å². The molecule has 0 saturated heterocycles. The normalized spacial score (nSPS) is 19.1. The van der Waals surface area contributed by atoms with Crippen molar-refractivity contribution in [2.45, 2.75) is 30.7 Å². The topological polar surface area (TPSA) is 58.3 Å². The number of aliphatic hydroxyl groups is 1. The van der Waals surface area contributed by atoms with Gasteiger partial charge in [-0.2, -0.15) is 13.2 Å². The van der Waals surface area contributed by atoms with Crippen LogP contribution in [0.15, 0.2) is 36.4 Å². The quantitative estimate of drug-likeness (QED) is 0.685. The summed E-state index contributed by atoms with van der Waals surface area (Å²) in [5.74, 6) is 0. The van der Waals surface area contributed by atoms with Crippen molar-refractivity contribution in [2.75, 3.05) is 11.9 Å². The van der Waals surface area contributed by atoms with Crippen LogP contribution in [0, 0.1) is 0 Å². The molecular formula is C18H17Cl2F3N2O. The van der Waals surface area contributed by atoms with Crippen molar-refractivity contribution in [2.24, 2.45) is 5.73 Å². The Hall–Kier alpha value is -1.47. The average Bonchev–Trinajstić information content (AvgIpc) is 2.91. The molecule has 26 heavy (non-hydrogen) atoms. The first kappa shape index (κ1) is 19.3. The second-order valence-corrected chi connectivity index (χ2v) is 7.30. The molecular weight excluding hydrogens is 388 g/mol. The van der Waals surface area contributed by atoms with Crippen LogP contribution in [0.2, 0.25) is 10.0 Å². The number of rotatable bonds is 4. The summed E-state index contributed by atoms with van der Waals surface area (Å²) in [6.07, 6.45) is -3.33. The first-order valence-electron chi connectivity index (χ1n) is 7.98. The van der Waals surface area contributed by atoms with Crippen LogP contribution in [0.5, 0.6) is 0 Å². The van der Waals surface area contributed by atoms with Gasteiger partial charge in [-0.15, -0.1) is 0 Å². The standard InChI is InChI=1S/C18H17Cl2F3N2O/c19-12-6-11(7-13(20)8-12)17(26,18(21,22)23)9-25-14-2-3-15-10(5-14)1-4-16(15)24/h2-3,5-8,16,25-26H,1,4,9,24H2/t16-,17+/m0/s1. The highest BCUT2D eigenvalue weighted by Gasteiger charge is 2.55. The van der Waals surface area contributed by atoms with Crippen LogP contribution in [0.25, 0.3) is 0 Å². The molecule has 0 unspecified atom stereocenters. The maximum Gasteiger partial charge on any atom is 0.423 e. The molecule has 0 radical (unpaired) electrons. The van der Waals surface area contributed by atoms with Gasteiger partial charge >= 0.3 is 6.18 Å². The highest BCUT2D eigenvalue weighted by molar-refractivity contribution is 6.34. The molecule has 3 nitrogen and oxygen atoms in total. The smallest absolute Gasteiger partial charge is 0.381 e. The molecule has 8 heteroatoms. The molecule has 0 aliphatic heterocycles. The third-order valence-corrected chi connectivity index (χ3v) is 5.06. The van der Waals surface area contributed by atoms with Gasteiger partial charge < -0.3 is 16.2 Å². The molecule has 0 heterocycles. The zero-order chi connectivity index (χ0) is 19.1. The fourth-order valence-electron chi connectivity index (χ4n) is 3.15. The average molecular weight is 405 g/mol. The summed E-state index contributed by atoms with van der Waals surface area (Å²) in [6.45, 7) is -0.780. The van der Waals surface area contributed by atoms with Crippen molar-refractivity contribution in [3.8, 4) is 0 Å². The second kappa shape index (κ2) is 6.93. The van der Waals surface area contributed by atoms with Gasteiger partial charge in [-0.25, -0.2) is 0 Å². The van der Waals surface area contributed by atoms with Crippen molar-refractivity contribution in [3.05, 3.63) is 63.1 Å². The third kappa shape index (κ3) is 3.64. The van der Waals surface area contributed by atoms with Crippen LogP contribution < -0.4 is 11.1 Å². The Kier molecular flexibility index (Phi) is 5.14. The van der Waals surface area contributed by atoms with Crippen LogP contribution in [0.3, 0.4) is 0 Å². The Labute approximate surface area is 158 Å². The van der Waals surface area contributed by atoms with Gasteiger partial charge in [0.1, 0.15) is 0 Å². The summed E-state index contributed by atoms with van der Waals surface area (Å²) in [4.78, 5) is 0. The number of alkyl halides is 3. The van der Waals surface area contributed by atoms with Gasteiger partial charge in [-0.3, -0.25) is 0 Å². The molecule has 2 atom stereocenters. The van der Waals surface area contributed by atoms with Crippen LogP contribution in [-0.4, -0.2) is 17.8 Å². The monoisotopic (exact) mass is 404 g/mol. The Balaban J connectivity index is 1.88. The molecule has 1 aliphatic rings. The maximum atomic E-state index is 13.6. The van der Waals surface area contributed by atoms with Crippen molar-refractivity contribution >= 4 is 28.9 Å². The summed E-state index contributed by atoms with van der Waals surface area (Å²) in [7, 11) is 0. The lowest BCUT2D eigenvalue weighted by molar-refractivity contribution is -0.260. The largest absolute Gasteiger partial charge is 0.423 e. The van der Waals surface area contributed by atoms with E-state index in [-0.39, 0.29) is 16.1 Å². The highest BCUT2D eigenvalue weighted by atomic mass is 35.5. The summed E-state index contributed by atoms with van der Waals surface area (Å²) in [5, 5.41) is 13.1. The Morgan fingerprint density at radius 1 is 1.12 bits per heavy atom. The van der Waals surface area contributed by atoms with Gasteiger partial charge in [-0.1, -0.05) is 29.3 Å². The number of aryl methyl sites for hydroxylation is 1. The van der Waals surface area contributed by atoms with Crippen molar-refractivity contribution in [3.63, 3.8) is 0 Å². The first-order valence-corrected chi connectivity index (χ1v) is 8.74. The summed E-state index contributed by atoms with van der Waals surface area (Å²) in [5.41, 5.74) is 4.89. The minimum atomic E-state index is -4.92. The van der Waals surface area contributed by atoms with Gasteiger partial charge in [0.15, 0.2) is 0 Å². The summed E-state index contributed by atoms with van der Waals surface area (Å²) in [6, 6.07) is 8.61. The van der Waals surface area contributed by atoms with Gasteiger partial charge in [0.2, 0.25) is 5.60 Å². The van der Waals surface area contributed by atoms with E-state index in [2.05, 4.69) is 5.32 Å². The van der Waals surface area contributed by atoms with E-state index in [1.165, 1.54) is 6.07 Å². The molecule has 0 saturated carbocycles. The van der Waals surface area contributed by atoms with E-state index in [0.717, 1.165) is 36.1 Å². The Bertz CT molecular complexity index is 808. The van der Waals surface area contributed by atoms with Gasteiger partial charge in [-0.05, 0) is 59.9 Å². The number of halogens is 5. The molecule has 0 bridgehead atoms. The van der Waals surface area contributed by atoms with E-state index >= 15 is 0 Å². The van der Waals surface area contributed by atoms with Crippen molar-refractivity contribution < 1.29 is 18.3 Å². The van der Waals surface area contributed by atoms with E-state index < -0.39 is 23.9 Å².